The van der Waals surface area contributed by atoms with E-state index in [0.717, 1.165) is 5.56 Å². The van der Waals surface area contributed by atoms with Gasteiger partial charge in [0.15, 0.2) is 5.75 Å². The van der Waals surface area contributed by atoms with Crippen LogP contribution in [0.4, 0.5) is 5.69 Å². The van der Waals surface area contributed by atoms with Crippen LogP contribution in [0.25, 0.3) is 0 Å². The van der Waals surface area contributed by atoms with Gasteiger partial charge < -0.3 is 15.6 Å². The molecule has 0 saturated carbocycles. The van der Waals surface area contributed by atoms with Crippen molar-refractivity contribution in [3.8, 4) is 11.5 Å². The first kappa shape index (κ1) is 14.9. The molecule has 0 spiro atoms. The zero-order chi connectivity index (χ0) is 15.6. The maximum Gasteiger partial charge on any atom is 0.339 e. The predicted molar refractivity (Wildman–Crippen MR) is 83.2 cm³/mol. The number of carboxylic acids is 1. The summed E-state index contributed by atoms with van der Waals surface area (Å²) in [5, 5.41) is 9.20. The molecule has 2 aromatic rings. The van der Waals surface area contributed by atoms with Gasteiger partial charge in [0, 0.05) is 0 Å². The zero-order valence-electron chi connectivity index (χ0n) is 12.4. The number of carbonyl (C=O) groups is 1. The van der Waals surface area contributed by atoms with E-state index in [1.807, 2.05) is 25.1 Å². The summed E-state index contributed by atoms with van der Waals surface area (Å²) in [6.07, 6.45) is 0. The molecule has 0 aliphatic heterocycles. The molecule has 0 amide bonds. The van der Waals surface area contributed by atoms with Gasteiger partial charge in [0.05, 0.1) is 5.69 Å². The second kappa shape index (κ2) is 5.87. The first-order valence-electron chi connectivity index (χ1n) is 6.80. The molecule has 0 aliphatic rings. The van der Waals surface area contributed by atoms with Crippen LogP contribution < -0.4 is 10.5 Å². The number of para-hydroxylation sites is 1. The van der Waals surface area contributed by atoms with Gasteiger partial charge in [0.2, 0.25) is 0 Å². The number of nitrogens with two attached hydrogens (primary N) is 1. The van der Waals surface area contributed by atoms with E-state index in [9.17, 15) is 9.90 Å². The number of carboxylic acid groups (broad SMARTS) is 1. The van der Waals surface area contributed by atoms with E-state index >= 15 is 0 Å². The Labute approximate surface area is 124 Å². The summed E-state index contributed by atoms with van der Waals surface area (Å²) < 4.78 is 5.71. The normalized spacial score (nSPS) is 10.7. The van der Waals surface area contributed by atoms with E-state index in [1.54, 1.807) is 12.1 Å². The van der Waals surface area contributed by atoms with Crippen molar-refractivity contribution in [2.75, 3.05) is 5.73 Å². The molecule has 0 fully saturated rings. The fraction of sp³-hybridized carbons (Fsp3) is 0.235. The van der Waals surface area contributed by atoms with Gasteiger partial charge in [-0.3, -0.25) is 0 Å². The lowest BCUT2D eigenvalue weighted by molar-refractivity contribution is 0.0694. The molecular formula is C17H19NO3. The molecule has 0 heterocycles. The van der Waals surface area contributed by atoms with Crippen molar-refractivity contribution in [2.24, 2.45) is 0 Å². The molecule has 0 bridgehead atoms. The van der Waals surface area contributed by atoms with Gasteiger partial charge >= 0.3 is 5.97 Å². The van der Waals surface area contributed by atoms with E-state index in [0.29, 0.717) is 17.4 Å². The first-order chi connectivity index (χ1) is 9.90. The number of anilines is 1. The van der Waals surface area contributed by atoms with Crippen molar-refractivity contribution in [3.63, 3.8) is 0 Å². The van der Waals surface area contributed by atoms with Crippen LogP contribution in [0.15, 0.2) is 36.4 Å². The van der Waals surface area contributed by atoms with Crippen molar-refractivity contribution in [2.45, 2.75) is 26.7 Å². The van der Waals surface area contributed by atoms with Gasteiger partial charge in [-0.1, -0.05) is 26.0 Å². The summed E-state index contributed by atoms with van der Waals surface area (Å²) in [4.78, 5) is 11.2. The molecule has 21 heavy (non-hydrogen) atoms. The van der Waals surface area contributed by atoms with Gasteiger partial charge in [-0.25, -0.2) is 4.79 Å². The van der Waals surface area contributed by atoms with E-state index in [-0.39, 0.29) is 11.3 Å². The highest BCUT2D eigenvalue weighted by atomic mass is 16.5. The number of rotatable bonds is 4. The molecule has 4 nitrogen and oxygen atoms in total. The fourth-order valence-corrected chi connectivity index (χ4v) is 2.31. The molecule has 2 rings (SSSR count). The Kier molecular flexibility index (Phi) is 4.17. The Morgan fingerprint density at radius 2 is 1.95 bits per heavy atom. The number of nitrogen functional groups attached to an aromatic ring is 1. The summed E-state index contributed by atoms with van der Waals surface area (Å²) in [5.74, 6) is 0.127. The van der Waals surface area contributed by atoms with Crippen LogP contribution in [-0.4, -0.2) is 11.1 Å². The van der Waals surface area contributed by atoms with E-state index in [2.05, 4.69) is 13.8 Å². The number of aryl methyl sites for hydroxylation is 1. The van der Waals surface area contributed by atoms with E-state index < -0.39 is 5.97 Å². The number of aromatic carboxylic acids is 1. The molecule has 0 aliphatic carbocycles. The topological polar surface area (TPSA) is 72.5 Å². The SMILES string of the molecule is Cc1cc(Oc2c(N)cccc2C(=O)O)ccc1C(C)C. The van der Waals surface area contributed by atoms with Gasteiger partial charge in [0.25, 0.3) is 0 Å². The highest BCUT2D eigenvalue weighted by Gasteiger charge is 2.15. The van der Waals surface area contributed by atoms with Crippen LogP contribution >= 0.6 is 0 Å². The molecule has 0 aromatic heterocycles. The molecule has 0 saturated heterocycles. The summed E-state index contributed by atoms with van der Waals surface area (Å²) >= 11 is 0. The Balaban J connectivity index is 2.39. The highest BCUT2D eigenvalue weighted by molar-refractivity contribution is 5.93. The maximum absolute atomic E-state index is 11.2. The second-order valence-corrected chi connectivity index (χ2v) is 5.30. The van der Waals surface area contributed by atoms with Gasteiger partial charge in [-0.2, -0.15) is 0 Å². The Hall–Kier alpha value is -2.49. The van der Waals surface area contributed by atoms with Crippen LogP contribution in [0, 0.1) is 6.92 Å². The number of benzene rings is 2. The third-order valence-electron chi connectivity index (χ3n) is 3.36. The van der Waals surface area contributed by atoms with Crippen LogP contribution in [0.5, 0.6) is 11.5 Å². The minimum atomic E-state index is -1.06. The minimum absolute atomic E-state index is 0.0561. The highest BCUT2D eigenvalue weighted by Crippen LogP contribution is 2.33. The number of ether oxygens (including phenoxy) is 1. The Morgan fingerprint density at radius 3 is 2.52 bits per heavy atom. The smallest absolute Gasteiger partial charge is 0.339 e. The van der Waals surface area contributed by atoms with Gasteiger partial charge in [-0.05, 0) is 48.2 Å². The standard InChI is InChI=1S/C17H19NO3/c1-10(2)13-8-7-12(9-11(13)3)21-16-14(17(19)20)5-4-6-15(16)18/h4-10H,18H2,1-3H3,(H,19,20). The van der Waals surface area contributed by atoms with Crippen LogP contribution in [0.2, 0.25) is 0 Å². The van der Waals surface area contributed by atoms with Crippen molar-refractivity contribution in [1.82, 2.24) is 0 Å². The Bertz CT molecular complexity index is 678. The van der Waals surface area contributed by atoms with Crippen LogP contribution in [0.1, 0.15) is 41.3 Å². The van der Waals surface area contributed by atoms with Crippen LogP contribution in [-0.2, 0) is 0 Å². The predicted octanol–water partition coefficient (Wildman–Crippen LogP) is 4.19. The van der Waals surface area contributed by atoms with Crippen molar-refractivity contribution in [3.05, 3.63) is 53.1 Å². The monoisotopic (exact) mass is 285 g/mol. The van der Waals surface area contributed by atoms with Crippen molar-refractivity contribution < 1.29 is 14.6 Å². The zero-order valence-corrected chi connectivity index (χ0v) is 12.4. The van der Waals surface area contributed by atoms with Crippen molar-refractivity contribution in [1.29, 1.82) is 0 Å². The summed E-state index contributed by atoms with van der Waals surface area (Å²) in [5.41, 5.74) is 8.54. The van der Waals surface area contributed by atoms with E-state index in [1.165, 1.54) is 11.6 Å². The molecule has 0 radical (unpaired) electrons. The van der Waals surface area contributed by atoms with Crippen molar-refractivity contribution >= 4 is 11.7 Å². The second-order valence-electron chi connectivity index (χ2n) is 5.30. The largest absolute Gasteiger partial charge is 0.478 e. The lowest BCUT2D eigenvalue weighted by Gasteiger charge is -2.14. The summed E-state index contributed by atoms with van der Waals surface area (Å²) in [6, 6.07) is 10.4. The van der Waals surface area contributed by atoms with Crippen LogP contribution in [0.3, 0.4) is 0 Å². The maximum atomic E-state index is 11.2. The first-order valence-corrected chi connectivity index (χ1v) is 6.80. The van der Waals surface area contributed by atoms with Gasteiger partial charge in [0.1, 0.15) is 11.3 Å². The molecule has 2 aromatic carbocycles. The molecular weight excluding hydrogens is 266 g/mol. The molecule has 0 unspecified atom stereocenters. The Morgan fingerprint density at radius 1 is 1.24 bits per heavy atom. The molecule has 110 valence electrons. The fourth-order valence-electron chi connectivity index (χ4n) is 2.31. The summed E-state index contributed by atoms with van der Waals surface area (Å²) in [6.45, 7) is 6.26. The minimum Gasteiger partial charge on any atom is -0.478 e. The lowest BCUT2D eigenvalue weighted by Crippen LogP contribution is -2.03. The quantitative estimate of drug-likeness (QED) is 0.826. The number of hydrogen-bond acceptors (Lipinski definition) is 3. The third kappa shape index (κ3) is 3.16. The molecule has 4 heteroatoms. The molecule has 3 N–H and O–H groups in total. The third-order valence-corrected chi connectivity index (χ3v) is 3.36. The summed E-state index contributed by atoms with van der Waals surface area (Å²) in [7, 11) is 0. The number of hydrogen-bond donors (Lipinski definition) is 2. The van der Waals surface area contributed by atoms with Gasteiger partial charge in [-0.15, -0.1) is 0 Å². The van der Waals surface area contributed by atoms with E-state index in [4.69, 9.17) is 10.5 Å². The molecule has 0 atom stereocenters. The lowest BCUT2D eigenvalue weighted by atomic mass is 9.98. The average Bonchev–Trinajstić information content (AvgIpc) is 2.40. The average molecular weight is 285 g/mol.